The van der Waals surface area contributed by atoms with E-state index in [-0.39, 0.29) is 6.42 Å². The van der Waals surface area contributed by atoms with Crippen molar-refractivity contribution in [2.45, 2.75) is 187 Å². The molecule has 6 atom stereocenters. The summed E-state index contributed by atoms with van der Waals surface area (Å²) in [6, 6.07) is 12.3. The van der Waals surface area contributed by atoms with Crippen LogP contribution in [0.2, 0.25) is 54.4 Å². The molecule has 6 amide bonds. The van der Waals surface area contributed by atoms with Gasteiger partial charge in [-0.05, 0) is 91.6 Å². The second-order valence-electron chi connectivity index (χ2n) is 18.9. The van der Waals surface area contributed by atoms with Gasteiger partial charge in [-0.3, -0.25) is 33.6 Å². The number of carbonyl (C=O) groups excluding carboxylic acids is 7. The Morgan fingerprint density at radius 1 is 0.800 bits per heavy atom. The molecule has 2 aliphatic heterocycles. The Balaban J connectivity index is 2.29. The standard InChI is InChI=1S/C51H80N6O10Si3/c1-13-29-53-48(62)43-45(66-69(18-6,19-7)20-8)51(67-70(21-9,22-10)23-11)37-26-24-25-35(42(37)57-50(51)64)36-30-34(27-28-40(36)65-68(15-3,16-4)17-5)31-38(55-49(63)44(59)33(12)14-2)46(60)54-39(32-41(52)58)47(61)56-43/h13,24-30,33,38-39,43,45H,14-23,31-32H2,1-12H3,(H2,52,58)(H,53,62)(H,54,60)(H,55,63)(H,56,61)(H,57,64)/b29-13-/t33?,38-,39-,43-,45+,51-/m0/s1. The zero-order valence-corrected chi connectivity index (χ0v) is 46.7. The normalized spacial score (nSPS) is 21.3. The van der Waals surface area contributed by atoms with Gasteiger partial charge in [0.2, 0.25) is 29.4 Å². The Kier molecular flexibility index (Phi) is 20.5. The van der Waals surface area contributed by atoms with E-state index < -0.39 is 108 Å². The molecule has 2 aromatic carbocycles. The minimum atomic E-state index is -2.92. The molecule has 19 heteroatoms. The van der Waals surface area contributed by atoms with Gasteiger partial charge < -0.3 is 45.6 Å². The Morgan fingerprint density at radius 3 is 1.94 bits per heavy atom. The lowest BCUT2D eigenvalue weighted by Gasteiger charge is -2.48. The second-order valence-corrected chi connectivity index (χ2v) is 33.0. The molecule has 7 N–H and O–H groups in total. The number of hydrogen-bond acceptors (Lipinski definition) is 10. The van der Waals surface area contributed by atoms with Crippen LogP contribution in [0.4, 0.5) is 5.69 Å². The summed E-state index contributed by atoms with van der Waals surface area (Å²) in [6.07, 6.45) is 0.988. The number of hydrogen-bond donors (Lipinski definition) is 6. The molecule has 0 spiro atoms. The molecule has 16 nitrogen and oxygen atoms in total. The number of fused-ring (bicyclic) bond motifs is 3. The zero-order chi connectivity index (χ0) is 52.2. The number of Topliss-reactive ketones (excluding diaryl/α,β-unsaturated/α-hetero) is 1. The van der Waals surface area contributed by atoms with Crippen molar-refractivity contribution in [2.75, 3.05) is 5.32 Å². The van der Waals surface area contributed by atoms with Crippen molar-refractivity contribution in [2.24, 2.45) is 11.7 Å². The van der Waals surface area contributed by atoms with Crippen molar-refractivity contribution in [1.82, 2.24) is 21.3 Å². The third-order valence-electron chi connectivity index (χ3n) is 15.3. The van der Waals surface area contributed by atoms with Gasteiger partial charge in [0.25, 0.3) is 20.1 Å². The number of carbonyl (C=O) groups is 7. The largest absolute Gasteiger partial charge is 0.543 e. The molecule has 0 saturated heterocycles. The molecule has 0 aliphatic carbocycles. The monoisotopic (exact) mass is 1020 g/mol. The maximum Gasteiger partial charge on any atom is 0.288 e. The highest BCUT2D eigenvalue weighted by molar-refractivity contribution is 6.75. The topological polar surface area (TPSA) is 233 Å². The van der Waals surface area contributed by atoms with Crippen LogP contribution in [0.5, 0.6) is 5.75 Å². The van der Waals surface area contributed by atoms with Gasteiger partial charge in [-0.1, -0.05) is 107 Å². The number of anilines is 1. The van der Waals surface area contributed by atoms with E-state index in [1.165, 1.54) is 6.20 Å². The van der Waals surface area contributed by atoms with Gasteiger partial charge in [0.05, 0.1) is 12.1 Å². The highest BCUT2D eigenvalue weighted by Gasteiger charge is 2.63. The molecule has 6 bridgehead atoms. The van der Waals surface area contributed by atoms with Gasteiger partial charge in [-0.2, -0.15) is 0 Å². The molecule has 386 valence electrons. The summed E-state index contributed by atoms with van der Waals surface area (Å²) in [5, 5.41) is 14.1. The minimum absolute atomic E-state index is 0.171. The third-order valence-corrected chi connectivity index (χ3v) is 29.1. The fourth-order valence-corrected chi connectivity index (χ4v) is 18.1. The van der Waals surface area contributed by atoms with Gasteiger partial charge in [0, 0.05) is 29.0 Å². The maximum atomic E-state index is 15.9. The summed E-state index contributed by atoms with van der Waals surface area (Å²) in [4.78, 5) is 100. The van der Waals surface area contributed by atoms with E-state index in [2.05, 4.69) is 47.4 Å². The van der Waals surface area contributed by atoms with Crippen molar-refractivity contribution in [1.29, 1.82) is 0 Å². The Hall–Kier alpha value is -4.96. The molecule has 0 radical (unpaired) electrons. The molecule has 2 heterocycles. The second kappa shape index (κ2) is 24.9. The Labute approximate surface area is 418 Å². The molecule has 1 unspecified atom stereocenters. The fraction of sp³-hybridized carbons (Fsp3) is 0.588. The van der Waals surface area contributed by atoms with Crippen LogP contribution in [-0.2, 0) is 54.4 Å². The van der Waals surface area contributed by atoms with Crippen LogP contribution in [0.1, 0.15) is 107 Å². The van der Waals surface area contributed by atoms with E-state index in [1.54, 1.807) is 32.9 Å². The van der Waals surface area contributed by atoms with E-state index in [0.717, 1.165) is 18.1 Å². The summed E-state index contributed by atoms with van der Waals surface area (Å²) < 4.78 is 22.3. The van der Waals surface area contributed by atoms with Gasteiger partial charge in [-0.25, -0.2) is 0 Å². The number of allylic oxidation sites excluding steroid dienone is 1. The summed E-state index contributed by atoms with van der Waals surface area (Å²) in [5.74, 6) is -5.97. The first-order valence-corrected chi connectivity index (χ1v) is 33.1. The number of para-hydroxylation sites is 1. The van der Waals surface area contributed by atoms with Crippen molar-refractivity contribution in [3.05, 3.63) is 59.8 Å². The van der Waals surface area contributed by atoms with Crippen LogP contribution in [0.3, 0.4) is 0 Å². The zero-order valence-electron chi connectivity index (χ0n) is 43.7. The van der Waals surface area contributed by atoms with Crippen LogP contribution < -0.4 is 36.7 Å². The van der Waals surface area contributed by atoms with Crippen LogP contribution in [-0.4, -0.2) is 90.4 Å². The molecule has 0 fully saturated rings. The third kappa shape index (κ3) is 12.2. The summed E-state index contributed by atoms with van der Waals surface area (Å²) in [6.45, 7) is 23.6. The van der Waals surface area contributed by atoms with Crippen molar-refractivity contribution in [3.8, 4) is 16.9 Å². The Bertz CT molecular complexity index is 2240. The van der Waals surface area contributed by atoms with Crippen molar-refractivity contribution in [3.63, 3.8) is 0 Å². The summed E-state index contributed by atoms with van der Waals surface area (Å²) in [5.41, 5.74) is 6.26. The van der Waals surface area contributed by atoms with E-state index in [4.69, 9.17) is 19.0 Å². The molecule has 70 heavy (non-hydrogen) atoms. The van der Waals surface area contributed by atoms with Crippen molar-refractivity contribution >= 4 is 71.9 Å². The molecular weight excluding hydrogens is 941 g/mol. The highest BCUT2D eigenvalue weighted by atomic mass is 28.4. The predicted molar refractivity (Wildman–Crippen MR) is 281 cm³/mol. The number of nitrogens with two attached hydrogens (primary N) is 1. The molecule has 2 aromatic rings. The average Bonchev–Trinajstić information content (AvgIpc) is 3.65. The van der Waals surface area contributed by atoms with Gasteiger partial charge >= 0.3 is 0 Å². The van der Waals surface area contributed by atoms with Crippen LogP contribution >= 0.6 is 0 Å². The first-order chi connectivity index (χ1) is 33.3. The fourth-order valence-electron chi connectivity index (χ4n) is 9.71. The lowest BCUT2D eigenvalue weighted by Crippen LogP contribution is -2.68. The first kappa shape index (κ1) is 57.6. The first-order valence-electron chi connectivity index (χ1n) is 25.6. The van der Waals surface area contributed by atoms with Crippen LogP contribution in [0, 0.1) is 5.92 Å². The smallest absolute Gasteiger partial charge is 0.288 e. The molecular formula is C51H80N6O10Si3. The van der Waals surface area contributed by atoms with E-state index >= 15 is 9.59 Å². The molecule has 4 rings (SSSR count). The Morgan fingerprint density at radius 2 is 1.40 bits per heavy atom. The average molecular weight is 1020 g/mol. The number of nitrogens with one attached hydrogen (secondary N) is 5. The van der Waals surface area contributed by atoms with Crippen LogP contribution in [0.15, 0.2) is 48.7 Å². The lowest BCUT2D eigenvalue weighted by atomic mass is 9.83. The number of amides is 6. The summed E-state index contributed by atoms with van der Waals surface area (Å²) in [7, 11) is -8.22. The van der Waals surface area contributed by atoms with E-state index in [1.807, 2.05) is 71.9 Å². The van der Waals surface area contributed by atoms with Gasteiger partial charge in [0.15, 0.2) is 22.2 Å². The number of benzene rings is 2. The summed E-state index contributed by atoms with van der Waals surface area (Å²) >= 11 is 0. The maximum absolute atomic E-state index is 15.9. The minimum Gasteiger partial charge on any atom is -0.543 e. The highest BCUT2D eigenvalue weighted by Crippen LogP contribution is 2.52. The number of rotatable bonds is 23. The molecule has 0 aromatic heterocycles. The van der Waals surface area contributed by atoms with E-state index in [0.29, 0.717) is 76.4 Å². The number of ketones is 1. The molecule has 2 aliphatic rings. The van der Waals surface area contributed by atoms with Gasteiger partial charge in [0.1, 0.15) is 30.0 Å². The molecule has 0 saturated carbocycles. The SMILES string of the molecule is C/C=C\NC(=O)[C@H]1NC(=O)[C@H](CC(N)=O)NC(=O)[C@@H](NC(=O)C(=O)C(C)CC)Cc2ccc(O[Si](CC)(CC)CC)c(c2)-c2cccc3c2NC(=O)[C@@]3(O[Si](CC)(CC)CC)[C@@H]1O[Si](CC)(CC)CC. The number of primary amides is 1. The quantitative estimate of drug-likeness (QED) is 0.0475. The predicted octanol–water partition coefficient (Wildman–Crippen LogP) is 7.45. The van der Waals surface area contributed by atoms with E-state index in [9.17, 15) is 24.0 Å². The lowest BCUT2D eigenvalue weighted by molar-refractivity contribution is -0.151. The van der Waals surface area contributed by atoms with Crippen molar-refractivity contribution < 1.29 is 46.8 Å². The van der Waals surface area contributed by atoms with Gasteiger partial charge in [-0.15, -0.1) is 0 Å². The van der Waals surface area contributed by atoms with Crippen LogP contribution in [0.25, 0.3) is 11.1 Å².